The number of hydrogen-bond donors (Lipinski definition) is 2. The van der Waals surface area contributed by atoms with Gasteiger partial charge < -0.3 is 11.1 Å². The summed E-state index contributed by atoms with van der Waals surface area (Å²) < 4.78 is 1.73. The molecule has 1 aliphatic rings. The molecule has 2 heterocycles. The molecular weight excluding hydrogens is 382 g/mol. The second-order valence-electron chi connectivity index (χ2n) is 6.63. The summed E-state index contributed by atoms with van der Waals surface area (Å²) in [5.41, 5.74) is 6.49. The van der Waals surface area contributed by atoms with Gasteiger partial charge in [0.1, 0.15) is 0 Å². The molecule has 1 fully saturated rings. The van der Waals surface area contributed by atoms with Gasteiger partial charge in [-0.15, -0.1) is 28.8 Å². The monoisotopic (exact) mass is 403 g/mol. The Morgan fingerprint density at radius 2 is 1.93 bits per heavy atom. The number of rotatable bonds is 5. The first-order valence-corrected chi connectivity index (χ1v) is 9.68. The van der Waals surface area contributed by atoms with E-state index in [4.69, 9.17) is 5.73 Å². The average Bonchev–Trinajstić information content (AvgIpc) is 3.42. The third-order valence-electron chi connectivity index (χ3n) is 4.88. The topological polar surface area (TPSA) is 85.8 Å². The van der Waals surface area contributed by atoms with Crippen LogP contribution in [-0.4, -0.2) is 32.8 Å². The van der Waals surface area contributed by atoms with Crippen LogP contribution in [0.3, 0.4) is 0 Å². The molecule has 27 heavy (non-hydrogen) atoms. The van der Waals surface area contributed by atoms with Gasteiger partial charge in [-0.25, -0.2) is 9.67 Å². The molecule has 142 valence electrons. The second-order valence-corrected chi connectivity index (χ2v) is 7.58. The fraction of sp³-hybridized carbons (Fsp3) is 0.316. The van der Waals surface area contributed by atoms with Gasteiger partial charge in [-0.2, -0.15) is 0 Å². The summed E-state index contributed by atoms with van der Waals surface area (Å²) in [4.78, 5) is 18.3. The van der Waals surface area contributed by atoms with Crippen LogP contribution in [-0.2, 0) is 0 Å². The van der Waals surface area contributed by atoms with Gasteiger partial charge in [0.15, 0.2) is 5.82 Å². The molecule has 8 heteroatoms. The molecule has 6 nitrogen and oxygen atoms in total. The van der Waals surface area contributed by atoms with Gasteiger partial charge in [0.05, 0.1) is 16.1 Å². The van der Waals surface area contributed by atoms with Crippen LogP contribution in [0.4, 0.5) is 0 Å². The lowest BCUT2D eigenvalue weighted by Gasteiger charge is -2.27. The molecule has 3 N–H and O–H groups in total. The molecule has 0 atom stereocenters. The van der Waals surface area contributed by atoms with E-state index in [1.807, 2.05) is 47.8 Å². The lowest BCUT2D eigenvalue weighted by atomic mass is 9.98. The summed E-state index contributed by atoms with van der Waals surface area (Å²) in [5.74, 6) is 0.589. The van der Waals surface area contributed by atoms with E-state index in [1.165, 1.54) is 0 Å². The molecular formula is C19H22ClN5OS. The first-order chi connectivity index (χ1) is 12.7. The smallest absolute Gasteiger partial charge is 0.291 e. The van der Waals surface area contributed by atoms with Crippen molar-refractivity contribution < 1.29 is 4.79 Å². The van der Waals surface area contributed by atoms with E-state index >= 15 is 0 Å². The Bertz CT molecular complexity index is 888. The van der Waals surface area contributed by atoms with Crippen molar-refractivity contribution in [2.75, 3.05) is 6.54 Å². The predicted octanol–water partition coefficient (Wildman–Crippen LogP) is 3.42. The number of para-hydroxylation sites is 1. The fourth-order valence-electron chi connectivity index (χ4n) is 3.45. The third-order valence-corrected chi connectivity index (χ3v) is 5.75. The minimum Gasteiger partial charge on any atom is -0.343 e. The molecule has 1 saturated carbocycles. The van der Waals surface area contributed by atoms with Crippen molar-refractivity contribution in [2.24, 2.45) is 5.73 Å². The molecule has 2 aromatic heterocycles. The van der Waals surface area contributed by atoms with Crippen molar-refractivity contribution in [1.82, 2.24) is 20.1 Å². The Morgan fingerprint density at radius 3 is 2.56 bits per heavy atom. The lowest BCUT2D eigenvalue weighted by molar-refractivity contribution is 0.0892. The Balaban J connectivity index is 0.00000210. The van der Waals surface area contributed by atoms with Crippen LogP contribution in [0.15, 0.2) is 47.8 Å². The zero-order valence-corrected chi connectivity index (χ0v) is 16.4. The molecule has 3 aromatic rings. The number of benzene rings is 1. The number of nitrogens with zero attached hydrogens (tertiary/aromatic N) is 3. The quantitative estimate of drug-likeness (QED) is 0.683. The largest absolute Gasteiger partial charge is 0.343 e. The van der Waals surface area contributed by atoms with Gasteiger partial charge in [-0.05, 0) is 36.4 Å². The SMILES string of the molecule is Cl.NCC1(NC(=O)c2nc(-c3cccs3)n(-c3ccccc3)n2)CCCC1. The van der Waals surface area contributed by atoms with Crippen molar-refractivity contribution >= 4 is 29.7 Å². The molecule has 0 unspecified atom stereocenters. The van der Waals surface area contributed by atoms with Crippen LogP contribution in [0.2, 0.25) is 0 Å². The van der Waals surface area contributed by atoms with E-state index in [1.54, 1.807) is 16.0 Å². The Morgan fingerprint density at radius 1 is 1.19 bits per heavy atom. The number of carbonyl (C=O) groups is 1. The summed E-state index contributed by atoms with van der Waals surface area (Å²) in [6, 6.07) is 13.7. The van der Waals surface area contributed by atoms with Crippen LogP contribution in [0.25, 0.3) is 16.4 Å². The van der Waals surface area contributed by atoms with E-state index in [0.717, 1.165) is 36.2 Å². The van der Waals surface area contributed by atoms with Crippen LogP contribution in [0.5, 0.6) is 0 Å². The standard InChI is InChI=1S/C19H21N5OS.ClH/c20-13-19(10-4-5-11-19)22-18(25)16-21-17(15-9-6-12-26-15)24(23-16)14-7-2-1-3-8-14;/h1-3,6-9,12H,4-5,10-11,13,20H2,(H,22,25);1H. The van der Waals surface area contributed by atoms with Crippen LogP contribution >= 0.6 is 23.7 Å². The highest BCUT2D eigenvalue weighted by atomic mass is 35.5. The summed E-state index contributed by atoms with van der Waals surface area (Å²) in [6.45, 7) is 0.440. The number of nitrogens with one attached hydrogen (secondary N) is 1. The minimum atomic E-state index is -0.321. The molecule has 0 saturated heterocycles. The second kappa shape index (κ2) is 8.21. The highest BCUT2D eigenvalue weighted by Crippen LogP contribution is 2.29. The zero-order chi connectivity index (χ0) is 18.0. The van der Waals surface area contributed by atoms with Crippen LogP contribution in [0, 0.1) is 0 Å². The summed E-state index contributed by atoms with van der Waals surface area (Å²) in [5, 5.41) is 9.59. The number of aromatic nitrogens is 3. The summed E-state index contributed by atoms with van der Waals surface area (Å²) in [7, 11) is 0. The fourth-order valence-corrected chi connectivity index (χ4v) is 4.15. The van der Waals surface area contributed by atoms with Crippen molar-refractivity contribution in [3.05, 3.63) is 53.7 Å². The minimum absolute atomic E-state index is 0. The van der Waals surface area contributed by atoms with Gasteiger partial charge in [-0.3, -0.25) is 4.79 Å². The third kappa shape index (κ3) is 3.90. The predicted molar refractivity (Wildman–Crippen MR) is 110 cm³/mol. The van der Waals surface area contributed by atoms with Crippen LogP contribution < -0.4 is 11.1 Å². The van der Waals surface area contributed by atoms with Crippen molar-refractivity contribution in [2.45, 2.75) is 31.2 Å². The van der Waals surface area contributed by atoms with Crippen molar-refractivity contribution in [1.29, 1.82) is 0 Å². The maximum Gasteiger partial charge on any atom is 0.291 e. The summed E-state index contributed by atoms with van der Waals surface area (Å²) in [6.07, 6.45) is 3.99. The normalized spacial score (nSPS) is 15.3. The van der Waals surface area contributed by atoms with Crippen molar-refractivity contribution in [3.8, 4) is 16.4 Å². The zero-order valence-electron chi connectivity index (χ0n) is 14.8. The highest BCUT2D eigenvalue weighted by molar-refractivity contribution is 7.13. The number of thiophene rings is 1. The van der Waals surface area contributed by atoms with Crippen LogP contribution in [0.1, 0.15) is 36.3 Å². The highest BCUT2D eigenvalue weighted by Gasteiger charge is 2.35. The molecule has 0 radical (unpaired) electrons. The molecule has 1 aromatic carbocycles. The molecule has 0 aliphatic heterocycles. The Kier molecular flexibility index (Phi) is 5.94. The molecule has 0 bridgehead atoms. The maximum atomic E-state index is 12.8. The first kappa shape index (κ1) is 19.5. The first-order valence-electron chi connectivity index (χ1n) is 8.80. The Hall–Kier alpha value is -2.22. The van der Waals surface area contributed by atoms with E-state index in [-0.39, 0.29) is 29.7 Å². The van der Waals surface area contributed by atoms with Gasteiger partial charge in [0.25, 0.3) is 5.91 Å². The Labute approximate surface area is 168 Å². The summed E-state index contributed by atoms with van der Waals surface area (Å²) >= 11 is 1.57. The van der Waals surface area contributed by atoms with Gasteiger partial charge >= 0.3 is 0 Å². The lowest BCUT2D eigenvalue weighted by Crippen LogP contribution is -2.51. The van der Waals surface area contributed by atoms with E-state index < -0.39 is 0 Å². The number of halogens is 1. The maximum absolute atomic E-state index is 12.8. The number of nitrogens with two attached hydrogens (primary N) is 1. The van der Waals surface area contributed by atoms with Crippen molar-refractivity contribution in [3.63, 3.8) is 0 Å². The number of carbonyl (C=O) groups excluding carboxylic acids is 1. The molecule has 4 rings (SSSR count). The van der Waals surface area contributed by atoms with E-state index in [9.17, 15) is 4.79 Å². The molecule has 1 aliphatic carbocycles. The van der Waals surface area contributed by atoms with Gasteiger partial charge in [-0.1, -0.05) is 37.1 Å². The van der Waals surface area contributed by atoms with Gasteiger partial charge in [0.2, 0.25) is 5.82 Å². The van der Waals surface area contributed by atoms with Gasteiger partial charge in [0, 0.05) is 6.54 Å². The molecule has 1 amide bonds. The number of hydrogen-bond acceptors (Lipinski definition) is 5. The van der Waals surface area contributed by atoms with E-state index in [2.05, 4.69) is 15.4 Å². The van der Waals surface area contributed by atoms with E-state index in [0.29, 0.717) is 12.4 Å². The number of amides is 1. The average molecular weight is 404 g/mol. The molecule has 0 spiro atoms.